The number of ether oxygens (including phenoxy) is 1. The third-order valence-corrected chi connectivity index (χ3v) is 9.31. The van der Waals surface area contributed by atoms with Gasteiger partial charge in [0.05, 0.1) is 10.6 Å². The van der Waals surface area contributed by atoms with Gasteiger partial charge in [-0.25, -0.2) is 26.0 Å². The highest BCUT2D eigenvalue weighted by Crippen LogP contribution is 2.41. The lowest BCUT2D eigenvalue weighted by Crippen LogP contribution is -2.42. The van der Waals surface area contributed by atoms with E-state index in [0.29, 0.717) is 17.0 Å². The van der Waals surface area contributed by atoms with Crippen molar-refractivity contribution in [3.63, 3.8) is 0 Å². The molecule has 0 atom stereocenters. The van der Waals surface area contributed by atoms with Gasteiger partial charge in [-0.2, -0.15) is 0 Å². The number of sulfonamides is 1. The topological polar surface area (TPSA) is 97.7 Å². The average molecular weight is 624 g/mol. The maximum Gasteiger partial charge on any atom is 0.268 e. The van der Waals surface area contributed by atoms with Crippen molar-refractivity contribution >= 4 is 43.0 Å². The van der Waals surface area contributed by atoms with E-state index in [1.807, 2.05) is 0 Å². The summed E-state index contributed by atoms with van der Waals surface area (Å²) in [6.45, 7) is 1.19. The molecule has 0 aliphatic carbocycles. The second-order valence-electron chi connectivity index (χ2n) is 9.85. The van der Waals surface area contributed by atoms with Crippen LogP contribution in [0.1, 0.15) is 29.4 Å². The highest BCUT2D eigenvalue weighted by molar-refractivity contribution is 7.92. The minimum Gasteiger partial charge on any atom is -0.454 e. The lowest BCUT2D eigenvalue weighted by atomic mass is 10.0. The van der Waals surface area contributed by atoms with Gasteiger partial charge in [-0.1, -0.05) is 0 Å². The van der Waals surface area contributed by atoms with Gasteiger partial charge < -0.3 is 14.2 Å². The predicted molar refractivity (Wildman–Crippen MR) is 152 cm³/mol. The smallest absolute Gasteiger partial charge is 0.268 e. The number of carbonyl (C=O) groups excluding carboxylic acids is 1. The molecule has 1 amide bonds. The van der Waals surface area contributed by atoms with E-state index in [1.54, 1.807) is 0 Å². The Morgan fingerprint density at radius 1 is 1.05 bits per heavy atom. The number of aryl methyl sites for hydroxylation is 1. The van der Waals surface area contributed by atoms with Crippen LogP contribution < -0.4 is 15.0 Å². The molecule has 0 spiro atoms. The van der Waals surface area contributed by atoms with Gasteiger partial charge in [0.15, 0.2) is 11.6 Å². The number of likely N-dealkylation sites (tertiary alicyclic amines) is 1. The van der Waals surface area contributed by atoms with Crippen LogP contribution in [-0.2, 0) is 17.1 Å². The van der Waals surface area contributed by atoms with E-state index < -0.39 is 51.9 Å². The van der Waals surface area contributed by atoms with E-state index in [2.05, 4.69) is 4.72 Å². The maximum atomic E-state index is 14.5. The number of nitrogens with one attached hydrogen (secondary N) is 1. The van der Waals surface area contributed by atoms with E-state index >= 15 is 0 Å². The summed E-state index contributed by atoms with van der Waals surface area (Å²) in [4.78, 5) is 27.8. The molecule has 3 heterocycles. The monoisotopic (exact) mass is 623 g/mol. The van der Waals surface area contributed by atoms with Crippen molar-refractivity contribution in [2.45, 2.75) is 25.7 Å². The van der Waals surface area contributed by atoms with Crippen LogP contribution in [0, 0.1) is 11.6 Å². The summed E-state index contributed by atoms with van der Waals surface area (Å²) in [5, 5.41) is 0.328. The molecule has 0 saturated carbocycles. The average Bonchev–Trinajstić information content (AvgIpc) is 3.38. The molecular weight excluding hydrogens is 598 g/mol. The Hall–Kier alpha value is -3.91. The number of anilines is 1. The minimum absolute atomic E-state index is 0.0530. The van der Waals surface area contributed by atoms with Gasteiger partial charge in [-0.15, -0.1) is 11.3 Å². The van der Waals surface area contributed by atoms with Crippen LogP contribution in [0.25, 0.3) is 21.2 Å². The molecule has 1 fully saturated rings. The number of hydrogen-bond donors (Lipinski definition) is 1. The maximum absolute atomic E-state index is 14.5. The molecule has 222 valence electrons. The van der Waals surface area contributed by atoms with Gasteiger partial charge >= 0.3 is 0 Å². The Kier molecular flexibility index (Phi) is 7.79. The molecule has 1 saturated heterocycles. The molecule has 1 N–H and O–H groups in total. The molecule has 2 aromatic heterocycles. The summed E-state index contributed by atoms with van der Waals surface area (Å²) in [6.07, 6.45) is 0.546. The standard InChI is InChI=1S/C28H25F4N3O5S2/c1-3-42(38,39)33-17-5-7-22(40-23-6-4-16(29)12-21(23)30)18(13-17)20-15-34(2)27(37)25-19(20)14-24(41-25)26(36)35-10-8-28(31,32)9-11-35/h4-7,12-15,33H,3,8-11H2,1-2H3. The van der Waals surface area contributed by atoms with Crippen molar-refractivity contribution in [3.05, 3.63) is 75.5 Å². The first-order valence-electron chi connectivity index (χ1n) is 12.8. The van der Waals surface area contributed by atoms with Gasteiger partial charge in [0.1, 0.15) is 16.3 Å². The van der Waals surface area contributed by atoms with Crippen molar-refractivity contribution in [3.8, 4) is 22.6 Å². The fourth-order valence-corrected chi connectivity index (χ4v) is 6.32. The number of aromatic nitrogens is 1. The lowest BCUT2D eigenvalue weighted by molar-refractivity contribution is -0.0493. The summed E-state index contributed by atoms with van der Waals surface area (Å²) >= 11 is 0.914. The second-order valence-corrected chi connectivity index (χ2v) is 12.9. The van der Waals surface area contributed by atoms with Crippen LogP contribution in [0.2, 0.25) is 0 Å². The highest BCUT2D eigenvalue weighted by Gasteiger charge is 2.36. The summed E-state index contributed by atoms with van der Waals surface area (Å²) in [5.41, 5.74) is 0.326. The number of piperidine rings is 1. The van der Waals surface area contributed by atoms with E-state index in [4.69, 9.17) is 4.74 Å². The largest absolute Gasteiger partial charge is 0.454 e. The molecule has 5 rings (SSSR count). The number of thiophene rings is 1. The number of alkyl halides is 2. The molecular formula is C28H25F4N3O5S2. The number of benzene rings is 2. The van der Waals surface area contributed by atoms with E-state index in [9.17, 15) is 35.6 Å². The Bertz CT molecular complexity index is 1860. The van der Waals surface area contributed by atoms with Crippen molar-refractivity contribution in [1.29, 1.82) is 0 Å². The van der Waals surface area contributed by atoms with Gasteiger partial charge in [-0.3, -0.25) is 14.3 Å². The Labute approximate surface area is 242 Å². The zero-order valence-corrected chi connectivity index (χ0v) is 24.1. The summed E-state index contributed by atoms with van der Waals surface area (Å²) in [6, 6.07) is 8.49. The third-order valence-electron chi connectivity index (χ3n) is 6.89. The normalized spacial score (nSPS) is 15.1. The molecule has 42 heavy (non-hydrogen) atoms. The number of amides is 1. The molecule has 14 heteroatoms. The third kappa shape index (κ3) is 6.00. The first kappa shape index (κ1) is 29.6. The Morgan fingerprint density at radius 2 is 1.74 bits per heavy atom. The first-order chi connectivity index (χ1) is 19.8. The minimum atomic E-state index is -3.69. The van der Waals surface area contributed by atoms with E-state index in [-0.39, 0.29) is 51.2 Å². The molecule has 0 bridgehead atoms. The fourth-order valence-electron chi connectivity index (χ4n) is 4.57. The van der Waals surface area contributed by atoms with Crippen LogP contribution in [0.5, 0.6) is 11.5 Å². The number of rotatable bonds is 7. The van der Waals surface area contributed by atoms with Gasteiger partial charge in [0, 0.05) is 67.4 Å². The number of fused-ring (bicyclic) bond motifs is 1. The molecule has 1 aliphatic heterocycles. The summed E-state index contributed by atoms with van der Waals surface area (Å²) < 4.78 is 89.7. The fraction of sp³-hybridized carbons (Fsp3) is 0.286. The van der Waals surface area contributed by atoms with Crippen molar-refractivity contribution in [2.75, 3.05) is 23.6 Å². The van der Waals surface area contributed by atoms with Crippen LogP contribution in [0.3, 0.4) is 0 Å². The lowest BCUT2D eigenvalue weighted by Gasteiger charge is -2.31. The quantitative estimate of drug-likeness (QED) is 0.256. The molecule has 1 aliphatic rings. The molecule has 2 aromatic carbocycles. The Balaban J connectivity index is 1.65. The zero-order chi connectivity index (χ0) is 30.4. The predicted octanol–water partition coefficient (Wildman–Crippen LogP) is 5.97. The van der Waals surface area contributed by atoms with Crippen molar-refractivity contribution < 1.29 is 35.5 Å². The van der Waals surface area contributed by atoms with Crippen molar-refractivity contribution in [1.82, 2.24) is 9.47 Å². The molecule has 0 unspecified atom stereocenters. The molecule has 0 radical (unpaired) electrons. The number of nitrogens with zero attached hydrogens (tertiary/aromatic N) is 2. The SMILES string of the molecule is CCS(=O)(=O)Nc1ccc(Oc2ccc(F)cc2F)c(-c2cn(C)c(=O)c3sc(C(=O)N4CCC(F)(F)CC4)cc23)c1. The van der Waals surface area contributed by atoms with Crippen LogP contribution in [0.15, 0.2) is 53.5 Å². The Morgan fingerprint density at radius 3 is 2.40 bits per heavy atom. The first-order valence-corrected chi connectivity index (χ1v) is 15.3. The van der Waals surface area contributed by atoms with Gasteiger partial charge in [0.2, 0.25) is 10.0 Å². The van der Waals surface area contributed by atoms with Gasteiger partial charge in [-0.05, 0) is 43.3 Å². The second kappa shape index (κ2) is 11.1. The van der Waals surface area contributed by atoms with Crippen LogP contribution >= 0.6 is 11.3 Å². The van der Waals surface area contributed by atoms with E-state index in [1.165, 1.54) is 53.9 Å². The number of pyridine rings is 1. The highest BCUT2D eigenvalue weighted by atomic mass is 32.2. The summed E-state index contributed by atoms with van der Waals surface area (Å²) in [5.74, 6) is -5.57. The van der Waals surface area contributed by atoms with Gasteiger partial charge in [0.25, 0.3) is 17.4 Å². The molecule has 4 aromatic rings. The van der Waals surface area contributed by atoms with E-state index in [0.717, 1.165) is 23.5 Å². The van der Waals surface area contributed by atoms with Crippen LogP contribution in [0.4, 0.5) is 23.2 Å². The molecule has 8 nitrogen and oxygen atoms in total. The number of hydrogen-bond acceptors (Lipinski definition) is 6. The van der Waals surface area contributed by atoms with Crippen molar-refractivity contribution in [2.24, 2.45) is 7.05 Å². The number of halogens is 4. The summed E-state index contributed by atoms with van der Waals surface area (Å²) in [7, 11) is -2.20. The number of carbonyl (C=O) groups is 1. The van der Waals surface area contributed by atoms with Crippen LogP contribution in [-0.4, -0.2) is 48.6 Å². The zero-order valence-electron chi connectivity index (χ0n) is 22.4.